The Kier molecular flexibility index (Phi) is 3.98. The number of nitrogens with zero attached hydrogens (tertiary/aromatic N) is 3. The number of fused-ring (bicyclic) bond motifs is 1. The number of aromatic nitrogens is 2. The molecule has 2 atom stereocenters. The molecule has 1 N–H and O–H groups in total. The number of pyridine rings is 1. The molecule has 1 aromatic carbocycles. The van der Waals surface area contributed by atoms with Crippen LogP contribution in [0.5, 0.6) is 11.5 Å². The highest BCUT2D eigenvalue weighted by molar-refractivity contribution is 7.80. The van der Waals surface area contributed by atoms with Gasteiger partial charge in [-0.15, -0.1) is 0 Å². The quantitative estimate of drug-likeness (QED) is 0.687. The first-order valence-electron chi connectivity index (χ1n) is 9.16. The van der Waals surface area contributed by atoms with Crippen LogP contribution in [0.15, 0.2) is 54.7 Å². The van der Waals surface area contributed by atoms with Gasteiger partial charge in [0.1, 0.15) is 6.04 Å². The minimum atomic E-state index is -0.0628. The summed E-state index contributed by atoms with van der Waals surface area (Å²) in [5, 5.41) is 4.15. The molecule has 0 spiro atoms. The number of hydrogen-bond donors (Lipinski definition) is 1. The van der Waals surface area contributed by atoms with Crippen molar-refractivity contribution in [2.45, 2.75) is 19.0 Å². The van der Waals surface area contributed by atoms with Crippen LogP contribution in [0.2, 0.25) is 0 Å². The average molecular weight is 392 g/mol. The van der Waals surface area contributed by atoms with E-state index in [1.54, 1.807) is 0 Å². The SMILES string of the molecule is Cc1ccc(C2C(c3ccccn3)NC(=S)N2c2ccc3c(c2)OCO3)n1C. The first-order valence-corrected chi connectivity index (χ1v) is 9.57. The number of thiocarbonyl (C=S) groups is 1. The van der Waals surface area contributed by atoms with Crippen molar-refractivity contribution in [3.8, 4) is 11.5 Å². The molecule has 3 aromatic rings. The smallest absolute Gasteiger partial charge is 0.231 e. The molecule has 4 heterocycles. The summed E-state index contributed by atoms with van der Waals surface area (Å²) in [7, 11) is 2.08. The van der Waals surface area contributed by atoms with Crippen LogP contribution in [0.25, 0.3) is 0 Å². The fraction of sp³-hybridized carbons (Fsp3) is 0.238. The average Bonchev–Trinajstić information content (AvgIpc) is 3.40. The van der Waals surface area contributed by atoms with Crippen molar-refractivity contribution in [3.05, 3.63) is 71.8 Å². The lowest BCUT2D eigenvalue weighted by molar-refractivity contribution is 0.174. The van der Waals surface area contributed by atoms with Crippen molar-refractivity contribution in [1.29, 1.82) is 0 Å². The summed E-state index contributed by atoms with van der Waals surface area (Å²) >= 11 is 5.76. The van der Waals surface area contributed by atoms with Crippen LogP contribution in [0, 0.1) is 6.92 Å². The lowest BCUT2D eigenvalue weighted by atomic mass is 10.0. The van der Waals surface area contributed by atoms with Gasteiger partial charge in [0.2, 0.25) is 6.79 Å². The van der Waals surface area contributed by atoms with Crippen LogP contribution < -0.4 is 19.7 Å². The molecule has 2 aliphatic heterocycles. The zero-order valence-electron chi connectivity index (χ0n) is 15.6. The predicted octanol–water partition coefficient (Wildman–Crippen LogP) is 3.63. The number of anilines is 1. The lowest BCUT2D eigenvalue weighted by Crippen LogP contribution is -2.30. The molecule has 0 aliphatic carbocycles. The molecule has 0 radical (unpaired) electrons. The Morgan fingerprint density at radius 1 is 1.11 bits per heavy atom. The molecule has 0 amide bonds. The molecular weight excluding hydrogens is 372 g/mol. The molecular formula is C21H20N4O2S. The summed E-state index contributed by atoms with van der Waals surface area (Å²) in [6, 6.07) is 16.1. The largest absolute Gasteiger partial charge is 0.454 e. The zero-order chi connectivity index (χ0) is 19.3. The van der Waals surface area contributed by atoms with E-state index in [2.05, 4.69) is 45.9 Å². The van der Waals surface area contributed by atoms with Crippen molar-refractivity contribution in [3.63, 3.8) is 0 Å². The first kappa shape index (κ1) is 17.1. The van der Waals surface area contributed by atoms with Gasteiger partial charge < -0.3 is 24.3 Å². The van der Waals surface area contributed by atoms with Gasteiger partial charge in [0.05, 0.1) is 11.7 Å². The molecule has 28 heavy (non-hydrogen) atoms. The van der Waals surface area contributed by atoms with Gasteiger partial charge in [0.25, 0.3) is 0 Å². The number of rotatable bonds is 3. The third-order valence-electron chi connectivity index (χ3n) is 5.45. The van der Waals surface area contributed by atoms with E-state index in [-0.39, 0.29) is 18.9 Å². The Morgan fingerprint density at radius 3 is 2.71 bits per heavy atom. The summed E-state index contributed by atoms with van der Waals surface area (Å²) in [6.07, 6.45) is 1.82. The lowest BCUT2D eigenvalue weighted by Gasteiger charge is -2.28. The van der Waals surface area contributed by atoms with Crippen molar-refractivity contribution in [2.24, 2.45) is 7.05 Å². The zero-order valence-corrected chi connectivity index (χ0v) is 16.4. The van der Waals surface area contributed by atoms with E-state index >= 15 is 0 Å². The summed E-state index contributed by atoms with van der Waals surface area (Å²) in [5.74, 6) is 1.50. The number of benzene rings is 1. The molecule has 6 nitrogen and oxygen atoms in total. The summed E-state index contributed by atoms with van der Waals surface area (Å²) in [4.78, 5) is 6.73. The molecule has 0 saturated carbocycles. The van der Waals surface area contributed by atoms with E-state index in [9.17, 15) is 0 Å². The molecule has 2 unspecified atom stereocenters. The molecule has 5 rings (SSSR count). The van der Waals surface area contributed by atoms with Crippen molar-refractivity contribution in [1.82, 2.24) is 14.9 Å². The van der Waals surface area contributed by atoms with Gasteiger partial charge in [-0.1, -0.05) is 6.07 Å². The van der Waals surface area contributed by atoms with Crippen molar-refractivity contribution < 1.29 is 9.47 Å². The predicted molar refractivity (Wildman–Crippen MR) is 111 cm³/mol. The number of nitrogens with one attached hydrogen (secondary N) is 1. The van der Waals surface area contributed by atoms with E-state index in [0.717, 1.165) is 28.6 Å². The van der Waals surface area contributed by atoms with Crippen LogP contribution in [0.1, 0.15) is 29.2 Å². The highest BCUT2D eigenvalue weighted by atomic mass is 32.1. The van der Waals surface area contributed by atoms with Gasteiger partial charge >= 0.3 is 0 Å². The number of hydrogen-bond acceptors (Lipinski definition) is 4. The molecule has 2 aromatic heterocycles. The van der Waals surface area contributed by atoms with Crippen LogP contribution >= 0.6 is 12.2 Å². The molecule has 7 heteroatoms. The van der Waals surface area contributed by atoms with E-state index in [0.29, 0.717) is 5.11 Å². The second kappa shape index (κ2) is 6.53. The maximum Gasteiger partial charge on any atom is 0.231 e. The highest BCUT2D eigenvalue weighted by Crippen LogP contribution is 2.44. The van der Waals surface area contributed by atoms with Gasteiger partial charge in [-0.3, -0.25) is 4.98 Å². The van der Waals surface area contributed by atoms with E-state index in [1.807, 2.05) is 42.6 Å². The molecule has 142 valence electrons. The van der Waals surface area contributed by atoms with E-state index in [1.165, 1.54) is 5.69 Å². The molecule has 2 aliphatic rings. The Balaban J connectivity index is 1.64. The molecule has 0 bridgehead atoms. The standard InChI is InChI=1S/C21H20N4O2S/c1-13-6-8-16(24(13)2)20-19(15-5-3-4-10-22-15)23-21(28)25(20)14-7-9-17-18(11-14)27-12-26-17/h3-11,19-20H,12H2,1-2H3,(H,23,28). The first-order chi connectivity index (χ1) is 13.6. The minimum Gasteiger partial charge on any atom is -0.454 e. The fourth-order valence-corrected chi connectivity index (χ4v) is 4.24. The van der Waals surface area contributed by atoms with Crippen molar-refractivity contribution >= 4 is 23.0 Å². The topological polar surface area (TPSA) is 51.6 Å². The third kappa shape index (κ3) is 2.62. The Labute approximate surface area is 168 Å². The van der Waals surface area contributed by atoms with E-state index in [4.69, 9.17) is 21.7 Å². The Bertz CT molecular complexity index is 1050. The third-order valence-corrected chi connectivity index (χ3v) is 5.76. The van der Waals surface area contributed by atoms with Crippen LogP contribution in [-0.4, -0.2) is 21.5 Å². The molecule has 1 fully saturated rings. The van der Waals surface area contributed by atoms with Crippen LogP contribution in [-0.2, 0) is 7.05 Å². The monoisotopic (exact) mass is 392 g/mol. The summed E-state index contributed by atoms with van der Waals surface area (Å²) in [6.45, 7) is 2.35. The summed E-state index contributed by atoms with van der Waals surface area (Å²) in [5.41, 5.74) is 4.28. The number of aryl methyl sites for hydroxylation is 1. The minimum absolute atomic E-state index is 0.0403. The van der Waals surface area contributed by atoms with Gasteiger partial charge in [0, 0.05) is 36.4 Å². The highest BCUT2D eigenvalue weighted by Gasteiger charge is 2.42. The second-order valence-electron chi connectivity index (χ2n) is 6.99. The van der Waals surface area contributed by atoms with E-state index < -0.39 is 0 Å². The fourth-order valence-electron chi connectivity index (χ4n) is 3.90. The normalized spacial score (nSPS) is 20.5. The van der Waals surface area contributed by atoms with Gasteiger partial charge in [-0.05, 0) is 55.5 Å². The van der Waals surface area contributed by atoms with Gasteiger partial charge in [0.15, 0.2) is 16.6 Å². The molecule has 1 saturated heterocycles. The van der Waals surface area contributed by atoms with Crippen molar-refractivity contribution in [2.75, 3.05) is 11.7 Å². The second-order valence-corrected chi connectivity index (χ2v) is 7.38. The Morgan fingerprint density at radius 2 is 1.96 bits per heavy atom. The van der Waals surface area contributed by atoms with Crippen LogP contribution in [0.3, 0.4) is 0 Å². The summed E-state index contributed by atoms with van der Waals surface area (Å²) < 4.78 is 13.3. The van der Waals surface area contributed by atoms with Gasteiger partial charge in [-0.25, -0.2) is 0 Å². The van der Waals surface area contributed by atoms with Crippen LogP contribution in [0.4, 0.5) is 5.69 Å². The van der Waals surface area contributed by atoms with Gasteiger partial charge in [-0.2, -0.15) is 0 Å². The maximum absolute atomic E-state index is 5.76. The Hall–Kier alpha value is -3.06. The maximum atomic E-state index is 5.76. The number of ether oxygens (including phenoxy) is 2.